The first-order valence-corrected chi connectivity index (χ1v) is 21.4. The summed E-state index contributed by atoms with van der Waals surface area (Å²) in [5.41, 5.74) is 1.59. The summed E-state index contributed by atoms with van der Waals surface area (Å²) in [6.45, 7) is 23.2. The van der Waals surface area contributed by atoms with E-state index in [4.69, 9.17) is 20.0 Å². The molecule has 0 amide bonds. The molecule has 42 heavy (non-hydrogen) atoms. The van der Waals surface area contributed by atoms with Crippen molar-refractivity contribution < 1.29 is 26.8 Å². The highest BCUT2D eigenvalue weighted by atomic mass is 32.2. The Morgan fingerprint density at radius 1 is 0.905 bits per heavy atom. The van der Waals surface area contributed by atoms with E-state index < -0.39 is 38.7 Å². The van der Waals surface area contributed by atoms with E-state index in [0.29, 0.717) is 17.1 Å². The zero-order valence-electron chi connectivity index (χ0n) is 27.4. The number of benzene rings is 2. The molecule has 7 nitrogen and oxygen atoms in total. The maximum Gasteiger partial charge on any atom is 0.324 e. The summed E-state index contributed by atoms with van der Waals surface area (Å²) in [4.78, 5) is 13.3. The highest BCUT2D eigenvalue weighted by Crippen LogP contribution is 2.41. The van der Waals surface area contributed by atoms with Crippen LogP contribution in [0.3, 0.4) is 0 Å². The van der Waals surface area contributed by atoms with Crippen LogP contribution in [0.5, 0.6) is 11.5 Å². The van der Waals surface area contributed by atoms with Crippen molar-refractivity contribution in [2.24, 2.45) is 0 Å². The van der Waals surface area contributed by atoms with Crippen molar-refractivity contribution in [2.75, 3.05) is 13.7 Å². The van der Waals surface area contributed by atoms with Crippen molar-refractivity contribution in [2.45, 2.75) is 102 Å². The summed E-state index contributed by atoms with van der Waals surface area (Å²) in [5.74, 6) is 2.97. The standard InChI is InChI=1S/C32H49NO6SSi2/c1-14-19-33(40(35,36)28-17-15-24(2)16-18-28)29(30(34)37-9)22-25-20-26(38-41(10,11)31(3,4)5)23-27(21-25)39-42(12,13)32(6,7)8/h1,15-18,20-21,23,29H,19,22H2,2-13H3/t29-/m0/s1. The molecule has 0 saturated heterocycles. The van der Waals surface area contributed by atoms with E-state index in [2.05, 4.69) is 73.7 Å². The Kier molecular flexibility index (Phi) is 11.0. The number of terminal acetylenes is 1. The second kappa shape index (κ2) is 13.0. The number of carbonyl (C=O) groups is 1. The lowest BCUT2D eigenvalue weighted by atomic mass is 10.1. The minimum atomic E-state index is -4.13. The van der Waals surface area contributed by atoms with E-state index in [9.17, 15) is 13.2 Å². The minimum Gasteiger partial charge on any atom is -0.543 e. The molecule has 2 aromatic carbocycles. The van der Waals surface area contributed by atoms with Crippen molar-refractivity contribution in [3.05, 3.63) is 53.6 Å². The van der Waals surface area contributed by atoms with Crippen LogP contribution in [0.2, 0.25) is 36.3 Å². The predicted molar refractivity (Wildman–Crippen MR) is 176 cm³/mol. The lowest BCUT2D eigenvalue weighted by Crippen LogP contribution is -2.47. The summed E-state index contributed by atoms with van der Waals surface area (Å²) < 4.78 is 47.1. The lowest BCUT2D eigenvalue weighted by Gasteiger charge is -2.38. The molecule has 0 aliphatic heterocycles. The van der Waals surface area contributed by atoms with Crippen LogP contribution in [-0.2, 0) is 26.0 Å². The Hall–Kier alpha value is -2.59. The highest BCUT2D eigenvalue weighted by Gasteiger charge is 2.41. The van der Waals surface area contributed by atoms with E-state index in [0.717, 1.165) is 9.87 Å². The molecule has 1 atom stereocenters. The van der Waals surface area contributed by atoms with Gasteiger partial charge in [-0.2, -0.15) is 4.31 Å². The summed E-state index contributed by atoms with van der Waals surface area (Å²) in [6, 6.07) is 10.9. The first kappa shape index (κ1) is 35.6. The number of carbonyl (C=O) groups excluding carboxylic acids is 1. The molecule has 0 saturated carbocycles. The fourth-order valence-corrected chi connectivity index (χ4v) is 7.24. The Labute approximate surface area is 256 Å². The van der Waals surface area contributed by atoms with Crippen LogP contribution >= 0.6 is 0 Å². The molecule has 232 valence electrons. The molecule has 10 heteroatoms. The van der Waals surface area contributed by atoms with Gasteiger partial charge in [0.2, 0.25) is 26.7 Å². The Bertz CT molecular complexity index is 1350. The molecular weight excluding hydrogens is 583 g/mol. The number of esters is 1. The zero-order chi connectivity index (χ0) is 32.3. The average molecular weight is 632 g/mol. The van der Waals surface area contributed by atoms with Crippen LogP contribution in [0.15, 0.2) is 47.4 Å². The van der Waals surface area contributed by atoms with Gasteiger partial charge >= 0.3 is 5.97 Å². The number of ether oxygens (including phenoxy) is 1. The van der Waals surface area contributed by atoms with Gasteiger partial charge in [0.05, 0.1) is 18.6 Å². The number of rotatable bonds is 11. The number of aryl methyl sites for hydroxylation is 1. The lowest BCUT2D eigenvalue weighted by molar-refractivity contribution is -0.145. The number of nitrogens with zero attached hydrogens (tertiary/aromatic N) is 1. The third kappa shape index (κ3) is 8.50. The fraction of sp³-hybridized carbons (Fsp3) is 0.531. The smallest absolute Gasteiger partial charge is 0.324 e. The Morgan fingerprint density at radius 3 is 1.74 bits per heavy atom. The van der Waals surface area contributed by atoms with Gasteiger partial charge in [-0.15, -0.1) is 6.42 Å². The van der Waals surface area contributed by atoms with Crippen molar-refractivity contribution in [3.63, 3.8) is 0 Å². The molecule has 0 aliphatic carbocycles. The second-order valence-corrected chi connectivity index (χ2v) is 25.2. The first-order valence-electron chi connectivity index (χ1n) is 14.2. The quantitative estimate of drug-likeness (QED) is 0.149. The predicted octanol–water partition coefficient (Wildman–Crippen LogP) is 7.17. The van der Waals surface area contributed by atoms with Gasteiger partial charge < -0.3 is 13.6 Å². The van der Waals surface area contributed by atoms with Crippen LogP contribution in [0.4, 0.5) is 0 Å². The molecule has 0 fully saturated rings. The van der Waals surface area contributed by atoms with Crippen molar-refractivity contribution in [3.8, 4) is 23.8 Å². The van der Waals surface area contributed by atoms with Gasteiger partial charge in [-0.05, 0) is 73.0 Å². The molecule has 2 aromatic rings. The van der Waals surface area contributed by atoms with E-state index in [1.165, 1.54) is 19.2 Å². The second-order valence-electron chi connectivity index (χ2n) is 13.8. The van der Waals surface area contributed by atoms with Crippen molar-refractivity contribution in [1.82, 2.24) is 4.31 Å². The van der Waals surface area contributed by atoms with E-state index in [1.807, 2.05) is 25.1 Å². The highest BCUT2D eigenvalue weighted by molar-refractivity contribution is 7.89. The monoisotopic (exact) mass is 631 g/mol. The van der Waals surface area contributed by atoms with Gasteiger partial charge in [-0.1, -0.05) is 65.2 Å². The molecule has 0 N–H and O–H groups in total. The third-order valence-electron chi connectivity index (χ3n) is 8.42. The van der Waals surface area contributed by atoms with Crippen LogP contribution in [-0.4, -0.2) is 55.0 Å². The van der Waals surface area contributed by atoms with Crippen LogP contribution in [0, 0.1) is 19.3 Å². The van der Waals surface area contributed by atoms with Gasteiger partial charge in [-0.3, -0.25) is 4.79 Å². The average Bonchev–Trinajstić information content (AvgIpc) is 2.83. The topological polar surface area (TPSA) is 82.1 Å². The van der Waals surface area contributed by atoms with E-state index in [1.54, 1.807) is 12.1 Å². The molecular formula is C32H49NO6SSi2. The Morgan fingerprint density at radius 2 is 1.36 bits per heavy atom. The molecule has 0 unspecified atom stereocenters. The van der Waals surface area contributed by atoms with Gasteiger partial charge in [-0.25, -0.2) is 8.42 Å². The molecule has 0 spiro atoms. The van der Waals surface area contributed by atoms with Gasteiger partial charge in [0.25, 0.3) is 0 Å². The largest absolute Gasteiger partial charge is 0.543 e. The van der Waals surface area contributed by atoms with Crippen LogP contribution < -0.4 is 8.85 Å². The van der Waals surface area contributed by atoms with Gasteiger partial charge in [0, 0.05) is 12.5 Å². The maximum absolute atomic E-state index is 13.8. The maximum atomic E-state index is 13.8. The Balaban J connectivity index is 2.69. The molecule has 0 radical (unpaired) electrons. The normalized spacial score (nSPS) is 13.8. The van der Waals surface area contributed by atoms with Crippen molar-refractivity contribution in [1.29, 1.82) is 0 Å². The number of sulfonamides is 1. The van der Waals surface area contributed by atoms with Crippen LogP contribution in [0.25, 0.3) is 0 Å². The SMILES string of the molecule is C#CCN([C@@H](Cc1cc(O[Si](C)(C)C(C)(C)C)cc(O[Si](C)(C)C(C)(C)C)c1)C(=O)OC)S(=O)(=O)c1ccc(C)cc1. The molecule has 0 aliphatic rings. The summed E-state index contributed by atoms with van der Waals surface area (Å²) in [7, 11) is -7.36. The summed E-state index contributed by atoms with van der Waals surface area (Å²) >= 11 is 0. The van der Waals surface area contributed by atoms with E-state index >= 15 is 0 Å². The number of hydrogen-bond acceptors (Lipinski definition) is 6. The van der Waals surface area contributed by atoms with Crippen LogP contribution in [0.1, 0.15) is 52.7 Å². The first-order chi connectivity index (χ1) is 19.1. The number of methoxy groups -OCH3 is 1. The fourth-order valence-electron chi connectivity index (χ4n) is 3.72. The van der Waals surface area contributed by atoms with Crippen molar-refractivity contribution >= 4 is 32.6 Å². The summed E-state index contributed by atoms with van der Waals surface area (Å²) in [5, 5.41) is -0.104. The molecule has 0 bridgehead atoms. The number of hydrogen-bond donors (Lipinski definition) is 0. The molecule has 0 aromatic heterocycles. The molecule has 0 heterocycles. The van der Waals surface area contributed by atoms with Gasteiger partial charge in [0.15, 0.2) is 0 Å². The zero-order valence-corrected chi connectivity index (χ0v) is 30.2. The van der Waals surface area contributed by atoms with E-state index in [-0.39, 0.29) is 27.9 Å². The minimum absolute atomic E-state index is 0.0159. The van der Waals surface area contributed by atoms with Gasteiger partial charge in [0.1, 0.15) is 17.5 Å². The molecule has 2 rings (SSSR count). The third-order valence-corrected chi connectivity index (χ3v) is 19.0. The summed E-state index contributed by atoms with van der Waals surface area (Å²) in [6.07, 6.45) is 5.65.